The van der Waals surface area contributed by atoms with Crippen LogP contribution in [-0.4, -0.2) is 37.2 Å². The second-order valence-corrected chi connectivity index (χ2v) is 5.56. The first-order chi connectivity index (χ1) is 9.13. The van der Waals surface area contributed by atoms with Crippen molar-refractivity contribution in [1.29, 1.82) is 0 Å². The molecule has 0 amide bonds. The summed E-state index contributed by atoms with van der Waals surface area (Å²) in [5.41, 5.74) is 0.565. The highest BCUT2D eigenvalue weighted by atomic mass is 32.2. The predicted molar refractivity (Wildman–Crippen MR) is 71.3 cm³/mol. The third kappa shape index (κ3) is 3.30. The van der Waals surface area contributed by atoms with E-state index in [0.717, 1.165) is 0 Å². The maximum absolute atomic E-state index is 12.1. The molecule has 0 saturated heterocycles. The molecule has 102 valence electrons. The van der Waals surface area contributed by atoms with Gasteiger partial charge in [0.25, 0.3) is 0 Å². The molecule has 0 aliphatic rings. The minimum atomic E-state index is -3.53. The van der Waals surface area contributed by atoms with Crippen molar-refractivity contribution in [2.24, 2.45) is 0 Å². The number of aromatic amines is 1. The third-order valence-corrected chi connectivity index (χ3v) is 4.08. The highest BCUT2D eigenvalue weighted by Gasteiger charge is 2.17. The first-order valence-corrected chi connectivity index (χ1v) is 7.22. The molecule has 0 aliphatic carbocycles. The Labute approximate surface area is 111 Å². The van der Waals surface area contributed by atoms with E-state index in [1.165, 1.54) is 6.33 Å². The lowest BCUT2D eigenvalue weighted by molar-refractivity contribution is 0.581. The Bertz CT molecular complexity index is 624. The van der Waals surface area contributed by atoms with Crippen LogP contribution in [0.1, 0.15) is 5.82 Å². The van der Waals surface area contributed by atoms with Gasteiger partial charge >= 0.3 is 0 Å². The van der Waals surface area contributed by atoms with Gasteiger partial charge in [0.2, 0.25) is 10.0 Å². The van der Waals surface area contributed by atoms with E-state index in [1.807, 2.05) is 0 Å². The maximum atomic E-state index is 12.1. The normalized spacial score (nSPS) is 11.4. The second kappa shape index (κ2) is 5.81. The lowest BCUT2D eigenvalue weighted by atomic mass is 10.3. The Kier molecular flexibility index (Phi) is 4.13. The molecule has 8 heteroatoms. The predicted octanol–water partition coefficient (Wildman–Crippen LogP) is 0.367. The van der Waals surface area contributed by atoms with E-state index < -0.39 is 10.0 Å². The topological polar surface area (TPSA) is 99.8 Å². The molecule has 1 aromatic heterocycles. The Morgan fingerprint density at radius 3 is 2.79 bits per heavy atom. The van der Waals surface area contributed by atoms with Crippen LogP contribution in [0, 0.1) is 0 Å². The monoisotopic (exact) mass is 281 g/mol. The number of benzene rings is 1. The molecular weight excluding hydrogens is 266 g/mol. The summed E-state index contributed by atoms with van der Waals surface area (Å²) in [5.74, 6) is 0.643. The molecule has 19 heavy (non-hydrogen) atoms. The van der Waals surface area contributed by atoms with E-state index >= 15 is 0 Å². The quantitative estimate of drug-likeness (QED) is 0.710. The summed E-state index contributed by atoms with van der Waals surface area (Å²) in [6.07, 6.45) is 1.85. The van der Waals surface area contributed by atoms with Gasteiger partial charge in [-0.3, -0.25) is 5.10 Å². The molecule has 0 bridgehead atoms. The van der Waals surface area contributed by atoms with E-state index in [2.05, 4.69) is 25.2 Å². The van der Waals surface area contributed by atoms with Crippen molar-refractivity contribution in [2.45, 2.75) is 11.3 Å². The lowest BCUT2D eigenvalue weighted by Gasteiger charge is -2.10. The molecule has 3 N–H and O–H groups in total. The van der Waals surface area contributed by atoms with Gasteiger partial charge in [0, 0.05) is 20.0 Å². The number of nitrogens with zero attached hydrogens (tertiary/aromatic N) is 2. The minimum absolute atomic E-state index is 0.232. The molecule has 2 aromatic rings. The summed E-state index contributed by atoms with van der Waals surface area (Å²) in [5, 5.41) is 9.23. The molecule has 0 atom stereocenters. The fraction of sp³-hybridized carbons (Fsp3) is 0.273. The Balaban J connectivity index is 2.05. The SMILES string of the molecule is CNc1ccccc1S(=O)(=O)NCCc1ncn[nH]1. The minimum Gasteiger partial charge on any atom is -0.387 e. The summed E-state index contributed by atoms with van der Waals surface area (Å²) in [6.45, 7) is 0.259. The van der Waals surface area contributed by atoms with Crippen molar-refractivity contribution in [1.82, 2.24) is 19.9 Å². The van der Waals surface area contributed by atoms with Crippen molar-refractivity contribution in [3.05, 3.63) is 36.4 Å². The largest absolute Gasteiger partial charge is 0.387 e. The number of aromatic nitrogens is 3. The highest BCUT2D eigenvalue weighted by Crippen LogP contribution is 2.19. The van der Waals surface area contributed by atoms with E-state index in [1.54, 1.807) is 31.3 Å². The molecule has 0 unspecified atom stereocenters. The zero-order chi connectivity index (χ0) is 13.7. The highest BCUT2D eigenvalue weighted by molar-refractivity contribution is 7.89. The van der Waals surface area contributed by atoms with Gasteiger partial charge in [-0.05, 0) is 12.1 Å². The number of nitrogens with one attached hydrogen (secondary N) is 3. The summed E-state index contributed by atoms with van der Waals surface area (Å²) < 4.78 is 26.8. The molecule has 1 aromatic carbocycles. The molecule has 7 nitrogen and oxygen atoms in total. The second-order valence-electron chi connectivity index (χ2n) is 3.83. The van der Waals surface area contributed by atoms with E-state index in [0.29, 0.717) is 17.9 Å². The van der Waals surface area contributed by atoms with Gasteiger partial charge in [-0.25, -0.2) is 18.1 Å². The number of rotatable bonds is 6. The fourth-order valence-corrected chi connectivity index (χ4v) is 2.88. The van der Waals surface area contributed by atoms with Gasteiger partial charge < -0.3 is 5.32 Å². The van der Waals surface area contributed by atoms with Crippen LogP contribution < -0.4 is 10.0 Å². The van der Waals surface area contributed by atoms with Crippen molar-refractivity contribution in [3.63, 3.8) is 0 Å². The number of hydrogen-bond acceptors (Lipinski definition) is 5. The van der Waals surface area contributed by atoms with Crippen molar-refractivity contribution in [3.8, 4) is 0 Å². The molecule has 0 spiro atoms. The van der Waals surface area contributed by atoms with Crippen LogP contribution in [0.15, 0.2) is 35.5 Å². The van der Waals surface area contributed by atoms with Crippen LogP contribution in [0.3, 0.4) is 0 Å². The van der Waals surface area contributed by atoms with Gasteiger partial charge in [0.15, 0.2) is 0 Å². The zero-order valence-corrected chi connectivity index (χ0v) is 11.2. The molecule has 2 rings (SSSR count). The Morgan fingerprint density at radius 2 is 2.11 bits per heavy atom. The number of sulfonamides is 1. The van der Waals surface area contributed by atoms with E-state index in [-0.39, 0.29) is 11.4 Å². The van der Waals surface area contributed by atoms with Crippen LogP contribution in [0.25, 0.3) is 0 Å². The average molecular weight is 281 g/mol. The summed E-state index contributed by atoms with van der Waals surface area (Å²) in [7, 11) is -1.85. The standard InChI is InChI=1S/C11H15N5O2S/c1-12-9-4-2-3-5-10(9)19(17,18)15-7-6-11-13-8-14-16-11/h2-5,8,12,15H,6-7H2,1H3,(H,13,14,16). The van der Waals surface area contributed by atoms with Crippen LogP contribution >= 0.6 is 0 Å². The first kappa shape index (κ1) is 13.5. The van der Waals surface area contributed by atoms with Crippen LogP contribution in [0.2, 0.25) is 0 Å². The maximum Gasteiger partial charge on any atom is 0.242 e. The number of hydrogen-bond donors (Lipinski definition) is 3. The van der Waals surface area contributed by atoms with E-state index in [4.69, 9.17) is 0 Å². The summed E-state index contributed by atoms with van der Waals surface area (Å²) in [4.78, 5) is 4.16. The lowest BCUT2D eigenvalue weighted by Crippen LogP contribution is -2.26. The third-order valence-electron chi connectivity index (χ3n) is 2.56. The molecule has 0 saturated carbocycles. The molecule has 0 radical (unpaired) electrons. The Morgan fingerprint density at radius 1 is 1.32 bits per heavy atom. The smallest absolute Gasteiger partial charge is 0.242 e. The van der Waals surface area contributed by atoms with Crippen LogP contribution in [-0.2, 0) is 16.4 Å². The first-order valence-electron chi connectivity index (χ1n) is 5.74. The van der Waals surface area contributed by atoms with Gasteiger partial charge in [0.05, 0.1) is 5.69 Å². The van der Waals surface area contributed by atoms with Crippen molar-refractivity contribution in [2.75, 3.05) is 18.9 Å². The fourth-order valence-electron chi connectivity index (χ4n) is 1.64. The Hall–Kier alpha value is -1.93. The average Bonchev–Trinajstić information content (AvgIpc) is 2.91. The molecule has 0 aliphatic heterocycles. The number of para-hydroxylation sites is 1. The summed E-state index contributed by atoms with van der Waals surface area (Å²) >= 11 is 0. The molecule has 0 fully saturated rings. The number of H-pyrrole nitrogens is 1. The summed E-state index contributed by atoms with van der Waals surface area (Å²) in [6, 6.07) is 6.73. The van der Waals surface area contributed by atoms with E-state index in [9.17, 15) is 8.42 Å². The van der Waals surface area contributed by atoms with Gasteiger partial charge in [-0.2, -0.15) is 5.10 Å². The van der Waals surface area contributed by atoms with Crippen molar-refractivity contribution >= 4 is 15.7 Å². The van der Waals surface area contributed by atoms with Crippen molar-refractivity contribution < 1.29 is 8.42 Å². The van der Waals surface area contributed by atoms with Crippen LogP contribution in [0.4, 0.5) is 5.69 Å². The number of anilines is 1. The van der Waals surface area contributed by atoms with Gasteiger partial charge in [-0.1, -0.05) is 12.1 Å². The molecule has 1 heterocycles. The zero-order valence-electron chi connectivity index (χ0n) is 10.4. The molecular formula is C11H15N5O2S. The van der Waals surface area contributed by atoms with Crippen LogP contribution in [0.5, 0.6) is 0 Å². The van der Waals surface area contributed by atoms with Gasteiger partial charge in [-0.15, -0.1) is 0 Å². The van der Waals surface area contributed by atoms with Gasteiger partial charge in [0.1, 0.15) is 17.0 Å².